The highest BCUT2D eigenvalue weighted by Gasteiger charge is 2.56. The molecule has 18 saturated carbocycles. The Labute approximate surface area is 379 Å². The van der Waals surface area contributed by atoms with Crippen molar-refractivity contribution in [1.29, 1.82) is 0 Å². The molecular formula is C60H112. The van der Waals surface area contributed by atoms with Crippen LogP contribution < -0.4 is 0 Å². The van der Waals surface area contributed by atoms with Crippen LogP contribution in [0.25, 0.3) is 0 Å². The summed E-state index contributed by atoms with van der Waals surface area (Å²) in [6.07, 6.45) is 47.0. The van der Waals surface area contributed by atoms with Crippen molar-refractivity contribution in [2.75, 3.05) is 0 Å². The zero-order valence-corrected chi connectivity index (χ0v) is 37.8. The molecule has 0 aromatic heterocycles. The number of hydrogen-bond donors (Lipinski definition) is 0. The summed E-state index contributed by atoms with van der Waals surface area (Å²) in [7, 11) is 0. The Balaban J connectivity index is 0.000000140. The standard InChI is InChI=1S/C13H22.C12H20.C11H18.C10H16.C9H16.5CH4/c1-3-13-7-10-4-11(8-13)6-12(2,5-10)9-13;1-2-12-6-9-3-10(7-12)5-11(4-9)8-12;1-11-5-8-2-9(6-11)4-10(3-8)7-11;1-10-5-7-2-8(6-10)4-9(10)3-7;1-2-8-5-7-3-4-9(8)6-7;;;;;/h10-11H,3-9H2,1-2H3;9-11H,2-8H2,1H3;8-10H,2-7H2,1H3;7-9H,2-6H2,1H3;7-9H,2-6H2,1H3;5*1H4. The first-order valence-corrected chi connectivity index (χ1v) is 26.3. The van der Waals surface area contributed by atoms with Crippen LogP contribution in [0.2, 0.25) is 0 Å². The third-order valence-electron chi connectivity index (χ3n) is 22.3. The lowest BCUT2D eigenvalue weighted by atomic mass is 9.44. The van der Waals surface area contributed by atoms with Crippen LogP contribution in [-0.2, 0) is 0 Å². The molecule has 18 rings (SSSR count). The monoisotopic (exact) mass is 833 g/mol. The molecule has 0 amide bonds. The zero-order valence-electron chi connectivity index (χ0n) is 37.8. The summed E-state index contributed by atoms with van der Waals surface area (Å²) in [5.41, 5.74) is 4.04. The quantitative estimate of drug-likeness (QED) is 0.266. The van der Waals surface area contributed by atoms with Crippen molar-refractivity contribution < 1.29 is 0 Å². The van der Waals surface area contributed by atoms with Crippen LogP contribution in [0, 0.1) is 110 Å². The average Bonchev–Trinajstić information content (AvgIpc) is 3.84. The highest BCUT2D eigenvalue weighted by atomic mass is 14.6. The molecule has 0 radical (unpaired) electrons. The first kappa shape index (κ1) is 51.0. The fourth-order valence-corrected chi connectivity index (χ4v) is 21.7. The summed E-state index contributed by atoms with van der Waals surface area (Å²) >= 11 is 0. The second-order valence-corrected chi connectivity index (χ2v) is 27.2. The van der Waals surface area contributed by atoms with E-state index in [1.165, 1.54) is 19.3 Å². The van der Waals surface area contributed by atoms with Crippen LogP contribution in [0.5, 0.6) is 0 Å². The highest BCUT2D eigenvalue weighted by molar-refractivity contribution is 5.07. The molecule has 18 bridgehead atoms. The van der Waals surface area contributed by atoms with E-state index in [2.05, 4.69) is 41.5 Å². The van der Waals surface area contributed by atoms with Gasteiger partial charge in [0.25, 0.3) is 0 Å². The van der Waals surface area contributed by atoms with E-state index in [0.717, 1.165) is 110 Å². The van der Waals surface area contributed by atoms with Crippen molar-refractivity contribution in [3.63, 3.8) is 0 Å². The van der Waals surface area contributed by atoms with Crippen molar-refractivity contribution in [2.45, 2.75) is 271 Å². The van der Waals surface area contributed by atoms with Gasteiger partial charge in [0.15, 0.2) is 0 Å². The number of rotatable bonds is 3. The first-order valence-electron chi connectivity index (χ1n) is 26.3. The summed E-state index contributed by atoms with van der Waals surface area (Å²) in [6.45, 7) is 14.8. The molecule has 18 aliphatic carbocycles. The zero-order chi connectivity index (χ0) is 37.8. The molecule has 0 heteroatoms. The average molecular weight is 834 g/mol. The third-order valence-corrected chi connectivity index (χ3v) is 22.3. The molecule has 0 aromatic rings. The van der Waals surface area contributed by atoms with Gasteiger partial charge >= 0.3 is 0 Å². The minimum Gasteiger partial charge on any atom is -0.0776 e. The summed E-state index contributed by atoms with van der Waals surface area (Å²) in [5.74, 6) is 16.0. The molecule has 352 valence electrons. The second kappa shape index (κ2) is 19.1. The maximum atomic E-state index is 2.56. The fraction of sp³-hybridized carbons (Fsp3) is 1.00. The fourth-order valence-electron chi connectivity index (χ4n) is 21.7. The maximum absolute atomic E-state index is 2.56. The molecule has 0 nitrogen and oxygen atoms in total. The molecule has 7 unspecified atom stereocenters. The summed E-state index contributed by atoms with van der Waals surface area (Å²) in [6, 6.07) is 0. The lowest BCUT2D eigenvalue weighted by molar-refractivity contribution is -0.103. The molecule has 18 aliphatic rings. The molecule has 0 N–H and O–H groups in total. The van der Waals surface area contributed by atoms with E-state index in [0.29, 0.717) is 0 Å². The molecule has 18 fully saturated rings. The van der Waals surface area contributed by atoms with E-state index in [1.54, 1.807) is 173 Å². The molecule has 0 aliphatic heterocycles. The predicted octanol–water partition coefficient (Wildman–Crippen LogP) is 19.7. The minimum absolute atomic E-state index is 0. The molecule has 0 aromatic carbocycles. The van der Waals surface area contributed by atoms with Crippen LogP contribution in [-0.4, -0.2) is 0 Å². The lowest BCUT2D eigenvalue weighted by Crippen LogP contribution is -2.50. The third kappa shape index (κ3) is 10.0. The minimum atomic E-state index is 0. The Morgan fingerprint density at radius 3 is 1.03 bits per heavy atom. The predicted molar refractivity (Wildman–Crippen MR) is 267 cm³/mol. The van der Waals surface area contributed by atoms with Gasteiger partial charge in [-0.15, -0.1) is 0 Å². The summed E-state index contributed by atoms with van der Waals surface area (Å²) < 4.78 is 0. The van der Waals surface area contributed by atoms with Crippen LogP contribution >= 0.6 is 0 Å². The second-order valence-electron chi connectivity index (χ2n) is 27.2. The topological polar surface area (TPSA) is 0 Å². The SMILES string of the molecule is C.C.C.C.C.CC12CC3CC(CC(C3)C1)C2.CC12CC3CC(CC1C3)C2.CCC12CC3CC(CC(C)(C3)C1)C2.CCC12CC3CC(CC(C3)C1)C2.CCC1CC2CCC1C2. The molecule has 0 saturated heterocycles. The van der Waals surface area contributed by atoms with Crippen LogP contribution in [0.4, 0.5) is 0 Å². The van der Waals surface area contributed by atoms with Crippen molar-refractivity contribution >= 4 is 0 Å². The largest absolute Gasteiger partial charge is 0.0776 e. The van der Waals surface area contributed by atoms with Crippen LogP contribution in [0.15, 0.2) is 0 Å². The number of hydrogen-bond acceptors (Lipinski definition) is 0. The van der Waals surface area contributed by atoms with Gasteiger partial charge in [0.1, 0.15) is 0 Å². The van der Waals surface area contributed by atoms with Gasteiger partial charge < -0.3 is 0 Å². The van der Waals surface area contributed by atoms with Gasteiger partial charge in [-0.25, -0.2) is 0 Å². The van der Waals surface area contributed by atoms with Gasteiger partial charge in [-0.05, 0) is 277 Å². The smallest absolute Gasteiger partial charge is 0.0290 e. The summed E-state index contributed by atoms with van der Waals surface area (Å²) in [5, 5.41) is 0. The van der Waals surface area contributed by atoms with E-state index in [1.807, 2.05) is 0 Å². The van der Waals surface area contributed by atoms with Gasteiger partial charge in [-0.1, -0.05) is 104 Å². The van der Waals surface area contributed by atoms with E-state index in [9.17, 15) is 0 Å². The Bertz CT molecular complexity index is 1250. The van der Waals surface area contributed by atoms with Gasteiger partial charge in [0.05, 0.1) is 0 Å². The van der Waals surface area contributed by atoms with Crippen molar-refractivity contribution in [1.82, 2.24) is 0 Å². The van der Waals surface area contributed by atoms with E-state index >= 15 is 0 Å². The van der Waals surface area contributed by atoms with Crippen molar-refractivity contribution in [3.8, 4) is 0 Å². The molecule has 0 heterocycles. The normalized spacial score (nSPS) is 52.9. The Morgan fingerprint density at radius 1 is 0.350 bits per heavy atom. The number of fused-ring (bicyclic) bond motifs is 2. The Morgan fingerprint density at radius 2 is 0.733 bits per heavy atom. The van der Waals surface area contributed by atoms with Gasteiger partial charge in [-0.3, -0.25) is 0 Å². The van der Waals surface area contributed by atoms with Crippen LogP contribution in [0.1, 0.15) is 271 Å². The molecule has 0 spiro atoms. The van der Waals surface area contributed by atoms with Gasteiger partial charge in [0, 0.05) is 0 Å². The molecule has 7 atom stereocenters. The van der Waals surface area contributed by atoms with Crippen LogP contribution in [0.3, 0.4) is 0 Å². The van der Waals surface area contributed by atoms with E-state index < -0.39 is 0 Å². The van der Waals surface area contributed by atoms with Gasteiger partial charge in [0.2, 0.25) is 0 Å². The highest BCUT2D eigenvalue weighted by Crippen LogP contribution is 2.67. The first-order chi connectivity index (χ1) is 26.3. The Kier molecular flexibility index (Phi) is 16.2. The summed E-state index contributed by atoms with van der Waals surface area (Å²) in [4.78, 5) is 0. The van der Waals surface area contributed by atoms with Crippen molar-refractivity contribution in [3.05, 3.63) is 0 Å². The van der Waals surface area contributed by atoms with Crippen molar-refractivity contribution in [2.24, 2.45) is 110 Å². The van der Waals surface area contributed by atoms with Gasteiger partial charge in [-0.2, -0.15) is 0 Å². The lowest BCUT2D eigenvalue weighted by Gasteiger charge is -2.61. The maximum Gasteiger partial charge on any atom is -0.0290 e. The van der Waals surface area contributed by atoms with E-state index in [-0.39, 0.29) is 37.1 Å². The Hall–Kier alpha value is 0. The van der Waals surface area contributed by atoms with E-state index in [4.69, 9.17) is 0 Å². The molecule has 60 heavy (non-hydrogen) atoms. The molecular weight excluding hydrogens is 721 g/mol.